The third-order valence-electron chi connectivity index (χ3n) is 3.71. The predicted octanol–water partition coefficient (Wildman–Crippen LogP) is 3.97. The number of unbranched alkanes of at least 4 members (excludes halogenated alkanes) is 1. The average molecular weight is 284 g/mol. The van der Waals surface area contributed by atoms with Crippen LogP contribution in [0.1, 0.15) is 80.1 Å². The highest BCUT2D eigenvalue weighted by atomic mass is 16.1. The molecule has 0 radical (unpaired) electrons. The van der Waals surface area contributed by atoms with Crippen molar-refractivity contribution < 1.29 is 4.79 Å². The van der Waals surface area contributed by atoms with Gasteiger partial charge < -0.3 is 10.2 Å². The maximum atomic E-state index is 11.1. The van der Waals surface area contributed by atoms with Crippen molar-refractivity contribution in [3.63, 3.8) is 0 Å². The highest BCUT2D eigenvalue weighted by Gasteiger charge is 2.26. The van der Waals surface area contributed by atoms with Gasteiger partial charge in [0.15, 0.2) is 0 Å². The van der Waals surface area contributed by atoms with E-state index in [2.05, 4.69) is 33.0 Å². The van der Waals surface area contributed by atoms with E-state index in [1.54, 1.807) is 0 Å². The molecule has 1 fully saturated rings. The van der Waals surface area contributed by atoms with Crippen molar-refractivity contribution in [3.05, 3.63) is 0 Å². The summed E-state index contributed by atoms with van der Waals surface area (Å²) in [6, 6.07) is 1.10. The van der Waals surface area contributed by atoms with E-state index in [1.807, 2.05) is 18.7 Å². The van der Waals surface area contributed by atoms with E-state index in [0.29, 0.717) is 12.1 Å². The van der Waals surface area contributed by atoms with E-state index in [0.717, 1.165) is 38.6 Å². The quantitative estimate of drug-likeness (QED) is 0.749. The van der Waals surface area contributed by atoms with Gasteiger partial charge in [-0.05, 0) is 52.9 Å². The van der Waals surface area contributed by atoms with Gasteiger partial charge in [-0.15, -0.1) is 0 Å². The predicted molar refractivity (Wildman–Crippen MR) is 88.0 cm³/mol. The van der Waals surface area contributed by atoms with Crippen LogP contribution in [0.3, 0.4) is 0 Å². The summed E-state index contributed by atoms with van der Waals surface area (Å²) >= 11 is 0. The topological polar surface area (TPSA) is 32.3 Å². The van der Waals surface area contributed by atoms with E-state index in [4.69, 9.17) is 0 Å². The lowest BCUT2D eigenvalue weighted by Gasteiger charge is -2.37. The second-order valence-corrected chi connectivity index (χ2v) is 6.60. The normalized spacial score (nSPS) is 22.7. The summed E-state index contributed by atoms with van der Waals surface area (Å²) in [4.78, 5) is 13.2. The number of nitrogens with one attached hydrogen (secondary N) is 1. The van der Waals surface area contributed by atoms with Crippen molar-refractivity contribution in [1.82, 2.24) is 10.2 Å². The fourth-order valence-corrected chi connectivity index (χ4v) is 2.83. The number of carbonyl (C=O) groups excluding carboxylic acids is 1. The standard InChI is InChI=1S/C15H30N2O.C2H6/c1-5-6-11-17(12-18)14-9-7-13(8-10-14)16-15(2,3)4;1-2/h12-14,16H,5-11H2,1-4H3;1-2H3. The van der Waals surface area contributed by atoms with Gasteiger partial charge in [-0.2, -0.15) is 0 Å². The van der Waals surface area contributed by atoms with Crippen molar-refractivity contribution in [1.29, 1.82) is 0 Å². The highest BCUT2D eigenvalue weighted by Crippen LogP contribution is 2.24. The molecule has 0 spiro atoms. The van der Waals surface area contributed by atoms with Crippen molar-refractivity contribution in [3.8, 4) is 0 Å². The van der Waals surface area contributed by atoms with Crippen LogP contribution in [0, 0.1) is 0 Å². The molecular weight excluding hydrogens is 248 g/mol. The van der Waals surface area contributed by atoms with Crippen LogP contribution in [0.4, 0.5) is 0 Å². The molecule has 3 heteroatoms. The Bertz CT molecular complexity index is 240. The van der Waals surface area contributed by atoms with E-state index in [9.17, 15) is 4.79 Å². The Balaban J connectivity index is 0.00000172. The van der Waals surface area contributed by atoms with Gasteiger partial charge in [0, 0.05) is 24.2 Å². The summed E-state index contributed by atoms with van der Waals surface area (Å²) in [5, 5.41) is 3.67. The molecule has 0 aromatic carbocycles. The fraction of sp³-hybridized carbons (Fsp3) is 0.941. The van der Waals surface area contributed by atoms with Crippen molar-refractivity contribution >= 4 is 6.41 Å². The van der Waals surface area contributed by atoms with Crippen LogP contribution in [-0.4, -0.2) is 35.5 Å². The second-order valence-electron chi connectivity index (χ2n) is 6.60. The first-order chi connectivity index (χ1) is 9.46. The van der Waals surface area contributed by atoms with E-state index < -0.39 is 0 Å². The van der Waals surface area contributed by atoms with Gasteiger partial charge in [-0.25, -0.2) is 0 Å². The molecule has 1 rings (SSSR count). The maximum Gasteiger partial charge on any atom is 0.209 e. The molecular formula is C17H36N2O. The van der Waals surface area contributed by atoms with Crippen molar-refractivity contribution in [2.24, 2.45) is 0 Å². The highest BCUT2D eigenvalue weighted by molar-refractivity contribution is 5.47. The molecule has 0 atom stereocenters. The molecule has 0 saturated heterocycles. The zero-order valence-electron chi connectivity index (χ0n) is 14.5. The van der Waals surface area contributed by atoms with E-state index >= 15 is 0 Å². The van der Waals surface area contributed by atoms with Gasteiger partial charge in [0.25, 0.3) is 0 Å². The van der Waals surface area contributed by atoms with Crippen LogP contribution < -0.4 is 5.32 Å². The molecule has 120 valence electrons. The Morgan fingerprint density at radius 3 is 2.10 bits per heavy atom. The van der Waals surface area contributed by atoms with Crippen molar-refractivity contribution in [2.45, 2.75) is 97.7 Å². The second kappa shape index (κ2) is 10.2. The lowest BCUT2D eigenvalue weighted by atomic mass is 9.89. The van der Waals surface area contributed by atoms with E-state index in [1.165, 1.54) is 12.8 Å². The smallest absolute Gasteiger partial charge is 0.209 e. The summed E-state index contributed by atoms with van der Waals surface area (Å²) in [6.45, 7) is 13.8. The average Bonchev–Trinajstić information content (AvgIpc) is 2.42. The summed E-state index contributed by atoms with van der Waals surface area (Å²) in [7, 11) is 0. The molecule has 1 saturated carbocycles. The molecule has 0 unspecified atom stereocenters. The Kier molecular flexibility index (Phi) is 9.91. The molecule has 1 aliphatic rings. The van der Waals surface area contributed by atoms with Gasteiger partial charge in [-0.1, -0.05) is 27.2 Å². The summed E-state index contributed by atoms with van der Waals surface area (Å²) in [5.74, 6) is 0. The van der Waals surface area contributed by atoms with Crippen LogP contribution in [-0.2, 0) is 4.79 Å². The van der Waals surface area contributed by atoms with Gasteiger partial charge >= 0.3 is 0 Å². The minimum absolute atomic E-state index is 0.198. The van der Waals surface area contributed by atoms with Gasteiger partial charge in [-0.3, -0.25) is 4.79 Å². The van der Waals surface area contributed by atoms with Crippen LogP contribution in [0.5, 0.6) is 0 Å². The third-order valence-corrected chi connectivity index (χ3v) is 3.71. The molecule has 1 amide bonds. The van der Waals surface area contributed by atoms with E-state index in [-0.39, 0.29) is 5.54 Å². The minimum Gasteiger partial charge on any atom is -0.342 e. The van der Waals surface area contributed by atoms with Crippen molar-refractivity contribution in [2.75, 3.05) is 6.54 Å². The zero-order chi connectivity index (χ0) is 15.6. The summed E-state index contributed by atoms with van der Waals surface area (Å²) in [5.41, 5.74) is 0.198. The number of hydrogen-bond acceptors (Lipinski definition) is 2. The number of nitrogens with zero attached hydrogens (tertiary/aromatic N) is 1. The largest absolute Gasteiger partial charge is 0.342 e. The van der Waals surface area contributed by atoms with Gasteiger partial charge in [0.1, 0.15) is 0 Å². The Labute approximate surface area is 126 Å². The van der Waals surface area contributed by atoms with Gasteiger partial charge in [0.05, 0.1) is 0 Å². The number of hydrogen-bond donors (Lipinski definition) is 1. The molecule has 20 heavy (non-hydrogen) atoms. The first-order valence-corrected chi connectivity index (χ1v) is 8.45. The Morgan fingerprint density at radius 2 is 1.70 bits per heavy atom. The molecule has 0 aliphatic heterocycles. The number of carbonyl (C=O) groups is 1. The molecule has 0 heterocycles. The molecule has 0 bridgehead atoms. The van der Waals surface area contributed by atoms with Crippen LogP contribution in [0.2, 0.25) is 0 Å². The summed E-state index contributed by atoms with van der Waals surface area (Å²) < 4.78 is 0. The fourth-order valence-electron chi connectivity index (χ4n) is 2.83. The van der Waals surface area contributed by atoms with Crippen LogP contribution in [0.25, 0.3) is 0 Å². The Hall–Kier alpha value is -0.570. The summed E-state index contributed by atoms with van der Waals surface area (Å²) in [6.07, 6.45) is 8.02. The first-order valence-electron chi connectivity index (χ1n) is 8.45. The lowest BCUT2D eigenvalue weighted by molar-refractivity contribution is -0.121. The monoisotopic (exact) mass is 284 g/mol. The maximum absolute atomic E-state index is 11.1. The molecule has 3 nitrogen and oxygen atoms in total. The van der Waals surface area contributed by atoms with Crippen LogP contribution >= 0.6 is 0 Å². The third kappa shape index (κ3) is 7.88. The van der Waals surface area contributed by atoms with Crippen LogP contribution in [0.15, 0.2) is 0 Å². The minimum atomic E-state index is 0.198. The Morgan fingerprint density at radius 1 is 1.15 bits per heavy atom. The lowest BCUT2D eigenvalue weighted by Crippen LogP contribution is -2.48. The number of rotatable bonds is 6. The molecule has 1 N–H and O–H groups in total. The SMILES string of the molecule is CC.CCCCN(C=O)C1CCC(NC(C)(C)C)CC1. The molecule has 0 aromatic heterocycles. The molecule has 1 aliphatic carbocycles. The number of amides is 1. The zero-order valence-corrected chi connectivity index (χ0v) is 14.5. The van der Waals surface area contributed by atoms with Gasteiger partial charge in [0.2, 0.25) is 6.41 Å². The molecule has 0 aromatic rings. The first kappa shape index (κ1) is 19.4.